The minimum absolute atomic E-state index is 0.374. The van der Waals surface area contributed by atoms with Crippen molar-refractivity contribution < 1.29 is 4.74 Å². The molecular weight excluding hydrogens is 374 g/mol. The van der Waals surface area contributed by atoms with Gasteiger partial charge in [-0.3, -0.25) is 4.99 Å². The first-order valence-electron chi connectivity index (χ1n) is 8.42. The number of nitrogens with zero attached hydrogens (tertiary/aromatic N) is 1. The van der Waals surface area contributed by atoms with E-state index in [1.165, 1.54) is 30.6 Å². The summed E-state index contributed by atoms with van der Waals surface area (Å²) in [6.07, 6.45) is 6.40. The van der Waals surface area contributed by atoms with E-state index in [0.717, 1.165) is 43.2 Å². The van der Waals surface area contributed by atoms with Gasteiger partial charge in [0.15, 0.2) is 5.96 Å². The van der Waals surface area contributed by atoms with Crippen molar-refractivity contribution in [1.29, 1.82) is 0 Å². The molecular formula is C17H28BrN3OS. The molecule has 0 amide bonds. The molecule has 1 fully saturated rings. The minimum atomic E-state index is 0.374. The lowest BCUT2D eigenvalue weighted by molar-refractivity contribution is 0.105. The Morgan fingerprint density at radius 1 is 1.39 bits per heavy atom. The Labute approximate surface area is 152 Å². The monoisotopic (exact) mass is 401 g/mol. The van der Waals surface area contributed by atoms with E-state index in [2.05, 4.69) is 49.9 Å². The molecule has 0 radical (unpaired) electrons. The number of hydrogen-bond donors (Lipinski definition) is 2. The van der Waals surface area contributed by atoms with Gasteiger partial charge in [0.25, 0.3) is 0 Å². The predicted octanol–water partition coefficient (Wildman–Crippen LogP) is 4.16. The highest BCUT2D eigenvalue weighted by Crippen LogP contribution is 2.40. The third-order valence-electron chi connectivity index (χ3n) is 4.55. The highest BCUT2D eigenvalue weighted by molar-refractivity contribution is 9.10. The lowest BCUT2D eigenvalue weighted by Gasteiger charge is -2.30. The summed E-state index contributed by atoms with van der Waals surface area (Å²) in [5, 5.41) is 9.04. The molecule has 1 aliphatic rings. The maximum Gasteiger partial charge on any atom is 0.191 e. The lowest BCUT2D eigenvalue weighted by atomic mass is 9.83. The summed E-state index contributed by atoms with van der Waals surface area (Å²) in [5.74, 6) is 0.886. The van der Waals surface area contributed by atoms with Gasteiger partial charge in [0.05, 0.1) is 6.54 Å². The van der Waals surface area contributed by atoms with Crippen LogP contribution in [-0.2, 0) is 11.3 Å². The fourth-order valence-corrected chi connectivity index (χ4v) is 4.57. The number of aliphatic imine (C=N–C) groups is 1. The molecule has 2 rings (SSSR count). The van der Waals surface area contributed by atoms with Crippen LogP contribution in [0.3, 0.4) is 0 Å². The Kier molecular flexibility index (Phi) is 7.86. The SMILES string of the molecule is CCOCCC1(CNC(=NC)NCc2cc(Br)cs2)CCCC1. The second-order valence-corrected chi connectivity index (χ2v) is 8.08. The van der Waals surface area contributed by atoms with E-state index < -0.39 is 0 Å². The summed E-state index contributed by atoms with van der Waals surface area (Å²) >= 11 is 5.24. The molecule has 2 N–H and O–H groups in total. The van der Waals surface area contributed by atoms with Crippen LogP contribution in [0.5, 0.6) is 0 Å². The van der Waals surface area contributed by atoms with Gasteiger partial charge in [-0.05, 0) is 53.6 Å². The van der Waals surface area contributed by atoms with Gasteiger partial charge in [-0.2, -0.15) is 0 Å². The summed E-state index contributed by atoms with van der Waals surface area (Å²) in [6, 6.07) is 2.14. The number of ether oxygens (including phenoxy) is 1. The highest BCUT2D eigenvalue weighted by atomic mass is 79.9. The molecule has 0 bridgehead atoms. The number of guanidine groups is 1. The topological polar surface area (TPSA) is 45.6 Å². The van der Waals surface area contributed by atoms with Gasteiger partial charge in [0.2, 0.25) is 0 Å². The summed E-state index contributed by atoms with van der Waals surface area (Å²) in [6.45, 7) is 5.53. The Morgan fingerprint density at radius 3 is 2.78 bits per heavy atom. The van der Waals surface area contributed by atoms with Crippen LogP contribution in [0.25, 0.3) is 0 Å². The molecule has 6 heteroatoms. The van der Waals surface area contributed by atoms with E-state index in [0.29, 0.717) is 5.41 Å². The molecule has 1 aliphatic carbocycles. The van der Waals surface area contributed by atoms with E-state index in [4.69, 9.17) is 4.74 Å². The van der Waals surface area contributed by atoms with Crippen molar-refractivity contribution in [2.45, 2.75) is 45.6 Å². The molecule has 0 spiro atoms. The van der Waals surface area contributed by atoms with Crippen LogP contribution < -0.4 is 10.6 Å². The molecule has 1 aromatic heterocycles. The molecule has 0 aromatic carbocycles. The standard InChI is InChI=1S/C17H28BrN3OS/c1-3-22-9-8-17(6-4-5-7-17)13-21-16(19-2)20-11-15-10-14(18)12-23-15/h10,12H,3-9,11,13H2,1-2H3,(H2,19,20,21). The van der Waals surface area contributed by atoms with Crippen molar-refractivity contribution >= 4 is 33.2 Å². The van der Waals surface area contributed by atoms with E-state index in [1.54, 1.807) is 11.3 Å². The summed E-state index contributed by atoms with van der Waals surface area (Å²) in [7, 11) is 1.83. The van der Waals surface area contributed by atoms with Gasteiger partial charge in [-0.25, -0.2) is 0 Å². The first kappa shape index (κ1) is 18.7. The molecule has 0 saturated heterocycles. The van der Waals surface area contributed by atoms with Gasteiger partial charge in [-0.1, -0.05) is 12.8 Å². The molecule has 1 heterocycles. The van der Waals surface area contributed by atoms with E-state index in [9.17, 15) is 0 Å². The van der Waals surface area contributed by atoms with E-state index >= 15 is 0 Å². The Morgan fingerprint density at radius 2 is 2.17 bits per heavy atom. The predicted molar refractivity (Wildman–Crippen MR) is 102 cm³/mol. The summed E-state index contributed by atoms with van der Waals surface area (Å²) in [4.78, 5) is 5.65. The van der Waals surface area contributed by atoms with Crippen LogP contribution >= 0.6 is 27.3 Å². The van der Waals surface area contributed by atoms with Crippen molar-refractivity contribution in [2.24, 2.45) is 10.4 Å². The largest absolute Gasteiger partial charge is 0.382 e. The molecule has 1 aromatic rings. The molecule has 23 heavy (non-hydrogen) atoms. The van der Waals surface area contributed by atoms with Gasteiger partial charge in [-0.15, -0.1) is 11.3 Å². The Bertz CT molecular complexity index is 498. The normalized spacial score (nSPS) is 17.4. The van der Waals surface area contributed by atoms with Crippen LogP contribution in [0.15, 0.2) is 20.9 Å². The summed E-state index contributed by atoms with van der Waals surface area (Å²) < 4.78 is 6.73. The number of rotatable bonds is 8. The van der Waals surface area contributed by atoms with Gasteiger partial charge < -0.3 is 15.4 Å². The molecule has 130 valence electrons. The summed E-state index contributed by atoms with van der Waals surface area (Å²) in [5.41, 5.74) is 0.374. The minimum Gasteiger partial charge on any atom is -0.382 e. The van der Waals surface area contributed by atoms with Crippen LogP contribution in [0.4, 0.5) is 0 Å². The van der Waals surface area contributed by atoms with Crippen LogP contribution in [0.1, 0.15) is 43.9 Å². The number of halogens is 1. The fraction of sp³-hybridized carbons (Fsp3) is 0.706. The zero-order chi connectivity index (χ0) is 16.5. The average Bonchev–Trinajstić information content (AvgIpc) is 3.18. The molecule has 1 saturated carbocycles. The van der Waals surface area contributed by atoms with Gasteiger partial charge in [0, 0.05) is 41.5 Å². The highest BCUT2D eigenvalue weighted by Gasteiger charge is 2.33. The van der Waals surface area contributed by atoms with Crippen molar-refractivity contribution in [1.82, 2.24) is 10.6 Å². The first-order valence-corrected chi connectivity index (χ1v) is 10.1. The molecule has 4 nitrogen and oxygen atoms in total. The van der Waals surface area contributed by atoms with Crippen molar-refractivity contribution in [3.05, 3.63) is 20.8 Å². The maximum atomic E-state index is 5.58. The zero-order valence-electron chi connectivity index (χ0n) is 14.2. The van der Waals surface area contributed by atoms with Crippen molar-refractivity contribution in [2.75, 3.05) is 26.8 Å². The third kappa shape index (κ3) is 6.08. The van der Waals surface area contributed by atoms with E-state index in [-0.39, 0.29) is 0 Å². The second-order valence-electron chi connectivity index (χ2n) is 6.16. The van der Waals surface area contributed by atoms with Crippen LogP contribution in [0.2, 0.25) is 0 Å². The zero-order valence-corrected chi connectivity index (χ0v) is 16.6. The first-order chi connectivity index (χ1) is 11.2. The molecule has 0 unspecified atom stereocenters. The van der Waals surface area contributed by atoms with Gasteiger partial charge >= 0.3 is 0 Å². The lowest BCUT2D eigenvalue weighted by Crippen LogP contribution is -2.43. The molecule has 0 aliphatic heterocycles. The third-order valence-corrected chi connectivity index (χ3v) is 6.25. The average molecular weight is 402 g/mol. The van der Waals surface area contributed by atoms with Crippen molar-refractivity contribution in [3.63, 3.8) is 0 Å². The van der Waals surface area contributed by atoms with E-state index in [1.807, 2.05) is 7.05 Å². The fourth-order valence-electron chi connectivity index (χ4n) is 3.18. The van der Waals surface area contributed by atoms with Crippen molar-refractivity contribution in [3.8, 4) is 0 Å². The quantitative estimate of drug-likeness (QED) is 0.390. The van der Waals surface area contributed by atoms with Crippen LogP contribution in [0, 0.1) is 5.41 Å². The Hall–Kier alpha value is -0.590. The Balaban J connectivity index is 1.80. The molecule has 0 atom stereocenters. The number of nitrogens with one attached hydrogen (secondary N) is 2. The smallest absolute Gasteiger partial charge is 0.191 e. The maximum absolute atomic E-state index is 5.58. The second kappa shape index (κ2) is 9.64. The number of thiophene rings is 1. The van der Waals surface area contributed by atoms with Crippen LogP contribution in [-0.4, -0.2) is 32.8 Å². The van der Waals surface area contributed by atoms with Gasteiger partial charge in [0.1, 0.15) is 0 Å². The number of hydrogen-bond acceptors (Lipinski definition) is 3.